The first-order valence-corrected chi connectivity index (χ1v) is 7.50. The number of rotatable bonds is 6. The Balaban J connectivity index is 1.88. The zero-order valence-electron chi connectivity index (χ0n) is 11.9. The lowest BCUT2D eigenvalue weighted by Gasteiger charge is -2.31. The minimum absolute atomic E-state index is 0.197. The van der Waals surface area contributed by atoms with Gasteiger partial charge in [0.25, 0.3) is 0 Å². The van der Waals surface area contributed by atoms with E-state index in [-0.39, 0.29) is 11.3 Å². The predicted octanol–water partition coefficient (Wildman–Crippen LogP) is 2.45. The van der Waals surface area contributed by atoms with Crippen molar-refractivity contribution in [1.29, 1.82) is 0 Å². The summed E-state index contributed by atoms with van der Waals surface area (Å²) in [7, 11) is 0. The monoisotopic (exact) mass is 252 g/mol. The van der Waals surface area contributed by atoms with E-state index in [1.54, 1.807) is 0 Å². The highest BCUT2D eigenvalue weighted by Crippen LogP contribution is 2.46. The minimum Gasteiger partial charge on any atom is -0.355 e. The average molecular weight is 252 g/mol. The molecular formula is C15H28N2O. The topological polar surface area (TPSA) is 55.1 Å². The molecule has 2 fully saturated rings. The third-order valence-corrected chi connectivity index (χ3v) is 4.86. The van der Waals surface area contributed by atoms with Crippen LogP contribution < -0.4 is 11.1 Å². The van der Waals surface area contributed by atoms with Crippen molar-refractivity contribution in [2.24, 2.45) is 22.5 Å². The molecule has 3 heteroatoms. The fourth-order valence-corrected chi connectivity index (χ4v) is 3.57. The zero-order chi connectivity index (χ0) is 13.2. The van der Waals surface area contributed by atoms with Gasteiger partial charge in [-0.25, -0.2) is 0 Å². The fraction of sp³-hybridized carbons (Fsp3) is 0.933. The normalized spacial score (nSPS) is 24.2. The molecule has 0 bridgehead atoms. The summed E-state index contributed by atoms with van der Waals surface area (Å²) in [5, 5.41) is 3.21. The molecule has 2 aliphatic carbocycles. The van der Waals surface area contributed by atoms with Crippen LogP contribution in [0.1, 0.15) is 58.8 Å². The van der Waals surface area contributed by atoms with Crippen LogP contribution in [0.5, 0.6) is 0 Å². The lowest BCUT2D eigenvalue weighted by Crippen LogP contribution is -2.42. The van der Waals surface area contributed by atoms with Crippen LogP contribution >= 0.6 is 0 Å². The summed E-state index contributed by atoms with van der Waals surface area (Å²) in [4.78, 5) is 12.2. The van der Waals surface area contributed by atoms with Gasteiger partial charge >= 0.3 is 0 Å². The van der Waals surface area contributed by atoms with Gasteiger partial charge in [0.15, 0.2) is 0 Å². The van der Waals surface area contributed by atoms with Crippen molar-refractivity contribution in [2.45, 2.75) is 58.8 Å². The summed E-state index contributed by atoms with van der Waals surface area (Å²) in [6, 6.07) is 0. The Morgan fingerprint density at radius 3 is 2.28 bits per heavy atom. The van der Waals surface area contributed by atoms with Crippen molar-refractivity contribution in [3.05, 3.63) is 0 Å². The van der Waals surface area contributed by atoms with Crippen LogP contribution in [0.15, 0.2) is 0 Å². The molecule has 2 rings (SSSR count). The van der Waals surface area contributed by atoms with E-state index in [9.17, 15) is 4.79 Å². The average Bonchev–Trinajstić information content (AvgIpc) is 3.01. The molecule has 0 aromatic rings. The van der Waals surface area contributed by atoms with Crippen LogP contribution in [0.2, 0.25) is 0 Å². The first-order valence-electron chi connectivity index (χ1n) is 7.50. The van der Waals surface area contributed by atoms with E-state index in [4.69, 9.17) is 5.73 Å². The highest BCUT2D eigenvalue weighted by molar-refractivity contribution is 5.85. The van der Waals surface area contributed by atoms with Crippen molar-refractivity contribution < 1.29 is 4.79 Å². The van der Waals surface area contributed by atoms with Gasteiger partial charge < -0.3 is 11.1 Å². The lowest BCUT2D eigenvalue weighted by atomic mass is 9.78. The van der Waals surface area contributed by atoms with Crippen LogP contribution in [0.4, 0.5) is 0 Å². The van der Waals surface area contributed by atoms with Crippen molar-refractivity contribution in [2.75, 3.05) is 13.1 Å². The van der Waals surface area contributed by atoms with Gasteiger partial charge in [0.1, 0.15) is 0 Å². The van der Waals surface area contributed by atoms with Crippen LogP contribution in [-0.4, -0.2) is 19.0 Å². The minimum atomic E-state index is -0.197. The van der Waals surface area contributed by atoms with Gasteiger partial charge in [-0.15, -0.1) is 0 Å². The summed E-state index contributed by atoms with van der Waals surface area (Å²) in [5.74, 6) is 0.921. The molecule has 0 radical (unpaired) electrons. The van der Waals surface area contributed by atoms with E-state index < -0.39 is 0 Å². The third-order valence-electron chi connectivity index (χ3n) is 4.86. The SMILES string of the molecule is CC(C)CC1(CNC(=O)C2(CN)CC2)CCCC1. The van der Waals surface area contributed by atoms with Crippen molar-refractivity contribution in [3.63, 3.8) is 0 Å². The molecule has 0 unspecified atom stereocenters. The van der Waals surface area contributed by atoms with Crippen molar-refractivity contribution in [1.82, 2.24) is 5.32 Å². The summed E-state index contributed by atoms with van der Waals surface area (Å²) in [6.45, 7) is 5.94. The molecule has 0 spiro atoms. The molecule has 0 atom stereocenters. The Kier molecular flexibility index (Phi) is 4.00. The molecule has 3 N–H and O–H groups in total. The van der Waals surface area contributed by atoms with E-state index in [0.29, 0.717) is 17.9 Å². The van der Waals surface area contributed by atoms with E-state index in [0.717, 1.165) is 19.4 Å². The Labute approximate surface area is 111 Å². The van der Waals surface area contributed by atoms with Gasteiger partial charge in [-0.1, -0.05) is 26.7 Å². The van der Waals surface area contributed by atoms with Crippen LogP contribution in [0.25, 0.3) is 0 Å². The summed E-state index contributed by atoms with van der Waals surface area (Å²) >= 11 is 0. The fourth-order valence-electron chi connectivity index (χ4n) is 3.57. The maximum atomic E-state index is 12.2. The Morgan fingerprint density at radius 2 is 1.83 bits per heavy atom. The van der Waals surface area contributed by atoms with E-state index >= 15 is 0 Å². The van der Waals surface area contributed by atoms with E-state index in [1.165, 1.54) is 32.1 Å². The van der Waals surface area contributed by atoms with Gasteiger partial charge in [-0.2, -0.15) is 0 Å². The molecule has 0 saturated heterocycles. The number of hydrogen-bond acceptors (Lipinski definition) is 2. The zero-order valence-corrected chi connectivity index (χ0v) is 11.9. The van der Waals surface area contributed by atoms with Crippen LogP contribution in [0, 0.1) is 16.7 Å². The molecule has 0 heterocycles. The van der Waals surface area contributed by atoms with E-state index in [2.05, 4.69) is 19.2 Å². The summed E-state index contributed by atoms with van der Waals surface area (Å²) in [6.07, 6.45) is 8.40. The number of nitrogens with one attached hydrogen (secondary N) is 1. The number of nitrogens with two attached hydrogens (primary N) is 1. The highest BCUT2D eigenvalue weighted by atomic mass is 16.2. The highest BCUT2D eigenvalue weighted by Gasteiger charge is 2.49. The Hall–Kier alpha value is -0.570. The van der Waals surface area contributed by atoms with Crippen molar-refractivity contribution >= 4 is 5.91 Å². The predicted molar refractivity (Wildman–Crippen MR) is 74.1 cm³/mol. The summed E-state index contributed by atoms with van der Waals surface area (Å²) in [5.41, 5.74) is 5.88. The van der Waals surface area contributed by atoms with Gasteiger partial charge in [-0.05, 0) is 43.4 Å². The second-order valence-electron chi connectivity index (χ2n) is 6.97. The van der Waals surface area contributed by atoms with Crippen LogP contribution in [0.3, 0.4) is 0 Å². The standard InChI is InChI=1S/C15H28N2O/c1-12(2)9-14(5-3-4-6-14)11-17-13(18)15(10-16)7-8-15/h12H,3-11,16H2,1-2H3,(H,17,18). The number of carbonyl (C=O) groups excluding carboxylic acids is 1. The van der Waals surface area contributed by atoms with E-state index in [1.807, 2.05) is 0 Å². The molecule has 2 aliphatic rings. The Morgan fingerprint density at radius 1 is 1.22 bits per heavy atom. The van der Waals surface area contributed by atoms with Crippen molar-refractivity contribution in [3.8, 4) is 0 Å². The summed E-state index contributed by atoms with van der Waals surface area (Å²) < 4.78 is 0. The number of carbonyl (C=O) groups is 1. The molecule has 18 heavy (non-hydrogen) atoms. The quantitative estimate of drug-likeness (QED) is 0.763. The largest absolute Gasteiger partial charge is 0.355 e. The smallest absolute Gasteiger partial charge is 0.227 e. The third kappa shape index (κ3) is 2.87. The van der Waals surface area contributed by atoms with Crippen LogP contribution in [-0.2, 0) is 4.79 Å². The molecule has 0 aromatic heterocycles. The Bertz CT molecular complexity index is 302. The number of hydrogen-bond donors (Lipinski definition) is 2. The van der Waals surface area contributed by atoms with Gasteiger partial charge in [0, 0.05) is 13.1 Å². The molecule has 3 nitrogen and oxygen atoms in total. The van der Waals surface area contributed by atoms with Gasteiger partial charge in [0.2, 0.25) is 5.91 Å². The first-order chi connectivity index (χ1) is 8.52. The van der Waals surface area contributed by atoms with Gasteiger partial charge in [0.05, 0.1) is 5.41 Å². The molecule has 2 saturated carbocycles. The lowest BCUT2D eigenvalue weighted by molar-refractivity contribution is -0.126. The second-order valence-corrected chi connectivity index (χ2v) is 6.97. The molecular weight excluding hydrogens is 224 g/mol. The first kappa shape index (κ1) is 13.9. The molecule has 104 valence electrons. The maximum Gasteiger partial charge on any atom is 0.227 e. The van der Waals surface area contributed by atoms with Gasteiger partial charge in [-0.3, -0.25) is 4.79 Å². The molecule has 1 amide bonds. The molecule has 0 aliphatic heterocycles. The maximum absolute atomic E-state index is 12.2. The second kappa shape index (κ2) is 5.20. The molecule has 0 aromatic carbocycles. The number of amides is 1.